The number of benzene rings is 2. The number of nitrogens with zero attached hydrogens (tertiary/aromatic N) is 1. The van der Waals surface area contributed by atoms with E-state index in [1.165, 1.54) is 0 Å². The summed E-state index contributed by atoms with van der Waals surface area (Å²) in [6, 6.07) is 11.9. The second kappa shape index (κ2) is 8.13. The van der Waals surface area contributed by atoms with Crippen LogP contribution in [0.25, 0.3) is 6.08 Å². The van der Waals surface area contributed by atoms with Crippen molar-refractivity contribution in [3.05, 3.63) is 76.2 Å². The average Bonchev–Trinajstić information content (AvgIpc) is 2.92. The lowest BCUT2D eigenvalue weighted by molar-refractivity contribution is -0.122. The van der Waals surface area contributed by atoms with E-state index in [4.69, 9.17) is 0 Å². The lowest BCUT2D eigenvalue weighted by atomic mass is 10.2. The van der Waals surface area contributed by atoms with Gasteiger partial charge in [0.1, 0.15) is 0 Å². The molecule has 138 valence electrons. The van der Waals surface area contributed by atoms with E-state index in [1.807, 2.05) is 30.3 Å². The van der Waals surface area contributed by atoms with E-state index in [0.717, 1.165) is 40.4 Å². The molecule has 0 radical (unpaired) electrons. The van der Waals surface area contributed by atoms with Crippen molar-refractivity contribution in [2.75, 3.05) is 13.1 Å². The topological polar surface area (TPSA) is 66.5 Å². The van der Waals surface area contributed by atoms with Gasteiger partial charge >= 0.3 is 0 Å². The fourth-order valence-corrected chi connectivity index (χ4v) is 3.28. The van der Waals surface area contributed by atoms with Crippen LogP contribution in [0.15, 0.2) is 53.4 Å². The Morgan fingerprint density at radius 3 is 2.52 bits per heavy atom. The van der Waals surface area contributed by atoms with Crippen LogP contribution in [-0.4, -0.2) is 35.0 Å². The molecule has 1 fully saturated rings. The van der Waals surface area contributed by atoms with Crippen LogP contribution >= 0.6 is 11.8 Å². The van der Waals surface area contributed by atoms with Crippen LogP contribution in [-0.2, 0) is 4.79 Å². The predicted molar refractivity (Wildman–Crippen MR) is 97.8 cm³/mol. The first-order valence-corrected chi connectivity index (χ1v) is 8.81. The maximum Gasteiger partial charge on any atom is 0.293 e. The second-order valence-corrected chi connectivity index (χ2v) is 6.62. The van der Waals surface area contributed by atoms with Crippen LogP contribution < -0.4 is 5.32 Å². The molecule has 0 bridgehead atoms. The Labute approximate surface area is 158 Å². The number of halogens is 2. The number of rotatable bonds is 5. The zero-order chi connectivity index (χ0) is 19.4. The van der Waals surface area contributed by atoms with E-state index in [-0.39, 0.29) is 18.7 Å². The molecule has 1 aliphatic rings. The van der Waals surface area contributed by atoms with Gasteiger partial charge in [0, 0.05) is 18.7 Å². The third-order valence-electron chi connectivity index (χ3n) is 3.77. The van der Waals surface area contributed by atoms with Crippen LogP contribution in [0.2, 0.25) is 0 Å². The molecule has 3 rings (SSSR count). The van der Waals surface area contributed by atoms with Crippen molar-refractivity contribution < 1.29 is 23.2 Å². The van der Waals surface area contributed by atoms with E-state index in [2.05, 4.69) is 5.32 Å². The molecule has 0 atom stereocenters. The SMILES string of the molecule is O=C(NCCN1C(=O)S/C(=C\c2ccccc2)C1=O)c1ccc(F)c(F)c1. The first kappa shape index (κ1) is 18.8. The Hall–Kier alpha value is -3.00. The van der Waals surface area contributed by atoms with Crippen LogP contribution in [0, 0.1) is 11.6 Å². The average molecular weight is 388 g/mol. The minimum Gasteiger partial charge on any atom is -0.350 e. The number of nitrogens with one attached hydrogen (secondary N) is 1. The number of hydrogen-bond donors (Lipinski definition) is 1. The first-order chi connectivity index (χ1) is 13.0. The number of imide groups is 1. The number of carbonyl (C=O) groups is 3. The minimum absolute atomic E-state index is 0.00547. The van der Waals surface area contributed by atoms with Crippen molar-refractivity contribution in [2.24, 2.45) is 0 Å². The van der Waals surface area contributed by atoms with Gasteiger partial charge < -0.3 is 5.32 Å². The fraction of sp³-hybridized carbons (Fsp3) is 0.105. The second-order valence-electron chi connectivity index (χ2n) is 5.63. The van der Waals surface area contributed by atoms with Crippen molar-refractivity contribution >= 4 is 34.9 Å². The van der Waals surface area contributed by atoms with Gasteiger partial charge in [-0.2, -0.15) is 0 Å². The van der Waals surface area contributed by atoms with Crippen LogP contribution in [0.1, 0.15) is 15.9 Å². The number of amides is 3. The zero-order valence-corrected chi connectivity index (χ0v) is 14.8. The van der Waals surface area contributed by atoms with E-state index in [1.54, 1.807) is 6.08 Å². The molecule has 1 N–H and O–H groups in total. The zero-order valence-electron chi connectivity index (χ0n) is 13.9. The molecule has 0 unspecified atom stereocenters. The smallest absolute Gasteiger partial charge is 0.293 e. The molecule has 5 nitrogen and oxygen atoms in total. The molecule has 1 aliphatic heterocycles. The number of hydrogen-bond acceptors (Lipinski definition) is 4. The Balaban J connectivity index is 1.58. The Morgan fingerprint density at radius 1 is 1.07 bits per heavy atom. The summed E-state index contributed by atoms with van der Waals surface area (Å²) < 4.78 is 26.1. The van der Waals surface area contributed by atoms with E-state index in [9.17, 15) is 23.2 Å². The molecule has 2 aromatic carbocycles. The molecule has 8 heteroatoms. The van der Waals surface area contributed by atoms with Crippen molar-refractivity contribution in [2.45, 2.75) is 0 Å². The van der Waals surface area contributed by atoms with Gasteiger partial charge in [-0.15, -0.1) is 0 Å². The van der Waals surface area contributed by atoms with Crippen molar-refractivity contribution in [1.29, 1.82) is 0 Å². The molecule has 0 aliphatic carbocycles. The number of thioether (sulfide) groups is 1. The third-order valence-corrected chi connectivity index (χ3v) is 4.68. The summed E-state index contributed by atoms with van der Waals surface area (Å²) in [6.45, 7) is -0.0271. The minimum atomic E-state index is -1.13. The summed E-state index contributed by atoms with van der Waals surface area (Å²) in [7, 11) is 0. The number of carbonyl (C=O) groups excluding carboxylic acids is 3. The third kappa shape index (κ3) is 4.40. The summed E-state index contributed by atoms with van der Waals surface area (Å²) in [4.78, 5) is 37.7. The van der Waals surface area contributed by atoms with Gasteiger partial charge in [0.2, 0.25) is 0 Å². The Bertz CT molecular complexity index is 932. The van der Waals surface area contributed by atoms with E-state index < -0.39 is 28.7 Å². The lowest BCUT2D eigenvalue weighted by Gasteiger charge is -2.13. The quantitative estimate of drug-likeness (QED) is 0.797. The highest BCUT2D eigenvalue weighted by molar-refractivity contribution is 8.18. The molecule has 0 spiro atoms. The normalized spacial score (nSPS) is 15.5. The summed E-state index contributed by atoms with van der Waals surface area (Å²) in [5.41, 5.74) is 0.752. The highest BCUT2D eigenvalue weighted by Gasteiger charge is 2.34. The Kier molecular flexibility index (Phi) is 5.66. The summed E-state index contributed by atoms with van der Waals surface area (Å²) in [6.07, 6.45) is 1.63. The first-order valence-electron chi connectivity index (χ1n) is 7.99. The van der Waals surface area contributed by atoms with Gasteiger partial charge in [0.15, 0.2) is 11.6 Å². The lowest BCUT2D eigenvalue weighted by Crippen LogP contribution is -2.37. The largest absolute Gasteiger partial charge is 0.350 e. The monoisotopic (exact) mass is 388 g/mol. The molecular formula is C19H14F2N2O3S. The van der Waals surface area contributed by atoms with Crippen molar-refractivity contribution in [1.82, 2.24) is 10.2 Å². The van der Waals surface area contributed by atoms with Gasteiger partial charge in [0.25, 0.3) is 17.1 Å². The van der Waals surface area contributed by atoms with Crippen LogP contribution in [0.4, 0.5) is 13.6 Å². The predicted octanol–water partition coefficient (Wildman–Crippen LogP) is 3.43. The standard InChI is InChI=1S/C19H14F2N2O3S/c20-14-7-6-13(11-15(14)21)17(24)22-8-9-23-18(25)16(27-19(23)26)10-12-4-2-1-3-5-12/h1-7,10-11H,8-9H2,(H,22,24)/b16-10-. The molecule has 1 saturated heterocycles. The van der Waals surface area contributed by atoms with Gasteiger partial charge in [-0.05, 0) is 41.6 Å². The summed E-state index contributed by atoms with van der Waals surface area (Å²) in [5.74, 6) is -3.23. The van der Waals surface area contributed by atoms with Crippen LogP contribution in [0.5, 0.6) is 0 Å². The maximum atomic E-state index is 13.2. The molecule has 0 saturated carbocycles. The summed E-state index contributed by atoms with van der Waals surface area (Å²) in [5, 5.41) is 2.05. The van der Waals surface area contributed by atoms with Crippen molar-refractivity contribution in [3.8, 4) is 0 Å². The fourth-order valence-electron chi connectivity index (χ4n) is 2.41. The van der Waals surface area contributed by atoms with Gasteiger partial charge in [0.05, 0.1) is 4.91 Å². The van der Waals surface area contributed by atoms with Gasteiger partial charge in [-0.25, -0.2) is 8.78 Å². The molecular weight excluding hydrogens is 374 g/mol. The van der Waals surface area contributed by atoms with Crippen LogP contribution in [0.3, 0.4) is 0 Å². The van der Waals surface area contributed by atoms with Gasteiger partial charge in [-0.3, -0.25) is 19.3 Å². The molecule has 0 aromatic heterocycles. The molecule has 2 aromatic rings. The molecule has 27 heavy (non-hydrogen) atoms. The van der Waals surface area contributed by atoms with Gasteiger partial charge in [-0.1, -0.05) is 30.3 Å². The maximum absolute atomic E-state index is 13.2. The van der Waals surface area contributed by atoms with E-state index >= 15 is 0 Å². The van der Waals surface area contributed by atoms with Crippen molar-refractivity contribution in [3.63, 3.8) is 0 Å². The molecule has 1 heterocycles. The Morgan fingerprint density at radius 2 is 1.81 bits per heavy atom. The summed E-state index contributed by atoms with van der Waals surface area (Å²) >= 11 is 0.830. The molecule has 3 amide bonds. The van der Waals surface area contributed by atoms with E-state index in [0.29, 0.717) is 4.91 Å². The highest BCUT2D eigenvalue weighted by atomic mass is 32.2. The highest BCUT2D eigenvalue weighted by Crippen LogP contribution is 2.31.